The van der Waals surface area contributed by atoms with Crippen LogP contribution in [0.1, 0.15) is 25.8 Å². The molecule has 2 atom stereocenters. The molecule has 3 heterocycles. The first kappa shape index (κ1) is 20.6. The van der Waals surface area contributed by atoms with E-state index in [0.717, 1.165) is 39.8 Å². The summed E-state index contributed by atoms with van der Waals surface area (Å²) in [5, 5.41) is 6.24. The van der Waals surface area contributed by atoms with Crippen LogP contribution in [-0.2, 0) is 0 Å². The van der Waals surface area contributed by atoms with Gasteiger partial charge >= 0.3 is 0 Å². The Morgan fingerprint density at radius 1 is 1.00 bits per heavy atom. The van der Waals surface area contributed by atoms with E-state index in [9.17, 15) is 0 Å². The van der Waals surface area contributed by atoms with Gasteiger partial charge in [-0.2, -0.15) is 0 Å². The topological polar surface area (TPSA) is 29.9 Å². The van der Waals surface area contributed by atoms with Crippen molar-refractivity contribution in [2.24, 2.45) is 5.92 Å². The lowest BCUT2D eigenvalue weighted by atomic mass is 9.92. The normalized spacial score (nSPS) is 17.7. The molecule has 0 aliphatic carbocycles. The van der Waals surface area contributed by atoms with E-state index >= 15 is 0 Å². The molecular weight excluding hydrogens is 425 g/mol. The fraction of sp³-hybridized carbons (Fsp3) is 0.269. The van der Waals surface area contributed by atoms with Crippen molar-refractivity contribution >= 4 is 34.1 Å². The van der Waals surface area contributed by atoms with Crippen molar-refractivity contribution in [1.29, 1.82) is 0 Å². The fourth-order valence-corrected chi connectivity index (χ4v) is 5.08. The van der Waals surface area contributed by atoms with Gasteiger partial charge < -0.3 is 9.88 Å². The van der Waals surface area contributed by atoms with Gasteiger partial charge in [-0.25, -0.2) is 0 Å². The summed E-state index contributed by atoms with van der Waals surface area (Å²) in [7, 11) is 0. The van der Waals surface area contributed by atoms with E-state index in [1.807, 2.05) is 36.7 Å². The second kappa shape index (κ2) is 8.66. The zero-order chi connectivity index (χ0) is 21.4. The maximum atomic E-state index is 6.41. The highest BCUT2D eigenvalue weighted by Crippen LogP contribution is 2.37. The maximum Gasteiger partial charge on any atom is 0.0504 e. The first-order chi connectivity index (χ1) is 15.1. The fourth-order valence-electron chi connectivity index (χ4n) is 4.72. The monoisotopic (exact) mass is 449 g/mol. The van der Waals surface area contributed by atoms with Gasteiger partial charge in [0, 0.05) is 56.8 Å². The highest BCUT2D eigenvalue weighted by molar-refractivity contribution is 6.31. The van der Waals surface area contributed by atoms with Crippen LogP contribution >= 0.6 is 23.2 Å². The van der Waals surface area contributed by atoms with Crippen LogP contribution in [0.25, 0.3) is 33.2 Å². The minimum atomic E-state index is 0.381. The molecule has 31 heavy (non-hydrogen) atoms. The number of nitrogens with one attached hydrogen (secondary N) is 1. The lowest BCUT2D eigenvalue weighted by Crippen LogP contribution is -2.34. The Labute approximate surface area is 193 Å². The third kappa shape index (κ3) is 4.10. The van der Waals surface area contributed by atoms with Crippen molar-refractivity contribution in [1.82, 2.24) is 14.9 Å². The second-order valence-electron chi connectivity index (χ2n) is 8.43. The Morgan fingerprint density at radius 3 is 2.65 bits per heavy atom. The van der Waals surface area contributed by atoms with Crippen LogP contribution in [0.5, 0.6) is 0 Å². The lowest BCUT2D eigenvalue weighted by Gasteiger charge is -2.30. The molecular formula is C26H25Cl2N3. The van der Waals surface area contributed by atoms with Gasteiger partial charge in [0.2, 0.25) is 0 Å². The van der Waals surface area contributed by atoms with E-state index in [4.69, 9.17) is 23.2 Å². The zero-order valence-electron chi connectivity index (χ0n) is 17.5. The third-order valence-corrected chi connectivity index (χ3v) is 6.93. The smallest absolute Gasteiger partial charge is 0.0504 e. The highest BCUT2D eigenvalue weighted by atomic mass is 35.5. The predicted octanol–water partition coefficient (Wildman–Crippen LogP) is 7.24. The number of fused-ring (bicyclic) bond motifs is 1. The first-order valence-electron chi connectivity index (χ1n) is 10.8. The molecule has 0 spiro atoms. The maximum absolute atomic E-state index is 6.41. The summed E-state index contributed by atoms with van der Waals surface area (Å²) in [6.45, 7) is 4.50. The van der Waals surface area contributed by atoms with Gasteiger partial charge in [-0.3, -0.25) is 4.98 Å². The quantitative estimate of drug-likeness (QED) is 0.355. The molecule has 1 saturated heterocycles. The molecule has 0 saturated carbocycles. The molecule has 5 rings (SSSR count). The van der Waals surface area contributed by atoms with E-state index in [2.05, 4.69) is 52.3 Å². The van der Waals surface area contributed by atoms with Crippen molar-refractivity contribution in [3.8, 4) is 22.3 Å². The molecule has 0 radical (unpaired) electrons. The van der Waals surface area contributed by atoms with E-state index in [1.165, 1.54) is 29.3 Å². The number of pyridine rings is 1. The molecule has 2 aromatic carbocycles. The molecule has 1 fully saturated rings. The molecule has 3 nitrogen and oxygen atoms in total. The van der Waals surface area contributed by atoms with Crippen molar-refractivity contribution < 1.29 is 0 Å². The van der Waals surface area contributed by atoms with Crippen molar-refractivity contribution in [3.05, 3.63) is 77.2 Å². The number of hydrogen-bond donors (Lipinski definition) is 1. The summed E-state index contributed by atoms with van der Waals surface area (Å²) in [5.74, 6) is 0.604. The number of piperidine rings is 1. The number of aromatic nitrogens is 2. The number of rotatable bonds is 4. The Hall–Kier alpha value is -2.33. The van der Waals surface area contributed by atoms with Gasteiger partial charge in [-0.05, 0) is 74.7 Å². The summed E-state index contributed by atoms with van der Waals surface area (Å²) < 4.78 is 2.40. The minimum Gasteiger partial charge on any atom is -0.344 e. The standard InChI is InChI=1S/C26H25Cl2N3/c1-17(19-5-3-9-29-13-19)31-16-25(24-8-7-23(28)12-26(24)31)21-10-20(14-30-15-21)18-4-2-6-22(27)11-18/h2,4,6-8,10-12,14-17,19,29H,3,5,9,13H2,1H3. The minimum absolute atomic E-state index is 0.381. The van der Waals surface area contributed by atoms with E-state index in [1.54, 1.807) is 0 Å². The summed E-state index contributed by atoms with van der Waals surface area (Å²) in [6, 6.07) is 16.7. The van der Waals surface area contributed by atoms with Crippen LogP contribution < -0.4 is 5.32 Å². The van der Waals surface area contributed by atoms with Crippen molar-refractivity contribution in [2.45, 2.75) is 25.8 Å². The summed E-state index contributed by atoms with van der Waals surface area (Å²) in [4.78, 5) is 4.55. The van der Waals surface area contributed by atoms with Crippen LogP contribution in [0.2, 0.25) is 10.0 Å². The number of halogens is 2. The van der Waals surface area contributed by atoms with Gasteiger partial charge in [-0.1, -0.05) is 41.4 Å². The van der Waals surface area contributed by atoms with E-state index in [-0.39, 0.29) is 0 Å². The average molecular weight is 450 g/mol. The molecule has 0 amide bonds. The number of benzene rings is 2. The zero-order valence-corrected chi connectivity index (χ0v) is 19.0. The molecule has 1 N–H and O–H groups in total. The second-order valence-corrected chi connectivity index (χ2v) is 9.30. The number of hydrogen-bond acceptors (Lipinski definition) is 2. The van der Waals surface area contributed by atoms with Crippen LogP contribution in [0.4, 0.5) is 0 Å². The molecule has 158 valence electrons. The predicted molar refractivity (Wildman–Crippen MR) is 131 cm³/mol. The summed E-state index contributed by atoms with van der Waals surface area (Å²) >= 11 is 12.6. The molecule has 2 aromatic heterocycles. The molecule has 4 aromatic rings. The highest BCUT2D eigenvalue weighted by Gasteiger charge is 2.23. The van der Waals surface area contributed by atoms with Gasteiger partial charge in [-0.15, -0.1) is 0 Å². The Balaban J connectivity index is 1.61. The van der Waals surface area contributed by atoms with Crippen molar-refractivity contribution in [2.75, 3.05) is 13.1 Å². The summed E-state index contributed by atoms with van der Waals surface area (Å²) in [5.41, 5.74) is 5.57. The molecule has 0 bridgehead atoms. The van der Waals surface area contributed by atoms with Gasteiger partial charge in [0.1, 0.15) is 0 Å². The van der Waals surface area contributed by atoms with Crippen LogP contribution in [0.3, 0.4) is 0 Å². The molecule has 2 unspecified atom stereocenters. The third-order valence-electron chi connectivity index (χ3n) is 6.46. The molecule has 1 aliphatic heterocycles. The van der Waals surface area contributed by atoms with Crippen molar-refractivity contribution in [3.63, 3.8) is 0 Å². The Kier molecular flexibility index (Phi) is 5.75. The van der Waals surface area contributed by atoms with Gasteiger partial charge in [0.15, 0.2) is 0 Å². The largest absolute Gasteiger partial charge is 0.344 e. The van der Waals surface area contributed by atoms with Gasteiger partial charge in [0.25, 0.3) is 0 Å². The number of nitrogens with zero attached hydrogens (tertiary/aromatic N) is 2. The molecule has 5 heteroatoms. The van der Waals surface area contributed by atoms with Crippen LogP contribution in [0, 0.1) is 5.92 Å². The summed E-state index contributed by atoms with van der Waals surface area (Å²) in [6.07, 6.45) is 8.58. The average Bonchev–Trinajstić information content (AvgIpc) is 3.18. The van der Waals surface area contributed by atoms with Crippen LogP contribution in [-0.4, -0.2) is 22.6 Å². The molecule has 1 aliphatic rings. The Bertz CT molecular complexity index is 1220. The first-order valence-corrected chi connectivity index (χ1v) is 11.6. The van der Waals surface area contributed by atoms with E-state index < -0.39 is 0 Å². The Morgan fingerprint density at radius 2 is 1.84 bits per heavy atom. The lowest BCUT2D eigenvalue weighted by molar-refractivity contribution is 0.284. The van der Waals surface area contributed by atoms with Crippen LogP contribution in [0.15, 0.2) is 67.1 Å². The SMILES string of the molecule is CC(C1CCCNC1)n1cc(-c2cncc(-c3cccc(Cl)c3)c2)c2ccc(Cl)cc21. The van der Waals surface area contributed by atoms with E-state index in [0.29, 0.717) is 12.0 Å². The van der Waals surface area contributed by atoms with Gasteiger partial charge in [0.05, 0.1) is 5.52 Å².